The van der Waals surface area contributed by atoms with Gasteiger partial charge in [-0.15, -0.1) is 0 Å². The Morgan fingerprint density at radius 3 is 2.92 bits per heavy atom. The molecule has 2 heterocycles. The predicted octanol–water partition coefficient (Wildman–Crippen LogP) is 2.73. The fourth-order valence-electron chi connectivity index (χ4n) is 2.89. The Kier molecular flexibility index (Phi) is 5.20. The van der Waals surface area contributed by atoms with E-state index in [1.165, 1.54) is 5.69 Å². The number of halogens is 1. The smallest absolute Gasteiger partial charge is 0.244 e. The monoisotopic (exact) mass is 344 g/mol. The molecule has 0 bridgehead atoms. The van der Waals surface area contributed by atoms with E-state index in [1.54, 1.807) is 23.0 Å². The number of carbonyl (C=O) groups excluding carboxylic acids is 1. The third kappa shape index (κ3) is 4.38. The van der Waals surface area contributed by atoms with Crippen molar-refractivity contribution in [2.75, 3.05) is 24.5 Å². The normalized spacial score (nSPS) is 17.6. The van der Waals surface area contributed by atoms with E-state index >= 15 is 0 Å². The molecule has 0 radical (unpaired) electrons. The zero-order valence-electron chi connectivity index (χ0n) is 13.7. The highest BCUT2D eigenvalue weighted by atomic mass is 35.5. The summed E-state index contributed by atoms with van der Waals surface area (Å²) in [6.45, 7) is 2.65. The Morgan fingerprint density at radius 1 is 1.42 bits per heavy atom. The minimum absolute atomic E-state index is 0.0659. The number of hydrogen-bond acceptors (Lipinski definition) is 3. The van der Waals surface area contributed by atoms with Gasteiger partial charge in [0.25, 0.3) is 0 Å². The summed E-state index contributed by atoms with van der Waals surface area (Å²) < 4.78 is 1.71. The lowest BCUT2D eigenvalue weighted by Crippen LogP contribution is -2.29. The highest BCUT2D eigenvalue weighted by Gasteiger charge is 2.22. The summed E-state index contributed by atoms with van der Waals surface area (Å²) in [6.07, 6.45) is 8.00. The molecule has 0 spiro atoms. The van der Waals surface area contributed by atoms with E-state index in [9.17, 15) is 4.79 Å². The van der Waals surface area contributed by atoms with E-state index < -0.39 is 0 Å². The molecule has 1 aliphatic rings. The molecule has 24 heavy (non-hydrogen) atoms. The molecule has 1 atom stereocenters. The minimum atomic E-state index is -0.0659. The van der Waals surface area contributed by atoms with Gasteiger partial charge in [-0.25, -0.2) is 0 Å². The maximum atomic E-state index is 11.9. The Morgan fingerprint density at radius 2 is 2.21 bits per heavy atom. The number of rotatable bonds is 5. The second-order valence-corrected chi connectivity index (χ2v) is 6.54. The van der Waals surface area contributed by atoms with E-state index in [2.05, 4.69) is 15.3 Å². The second-order valence-electron chi connectivity index (χ2n) is 6.10. The molecule has 3 rings (SSSR count). The molecule has 1 aliphatic heterocycles. The van der Waals surface area contributed by atoms with Crippen molar-refractivity contribution >= 4 is 29.3 Å². The van der Waals surface area contributed by atoms with Gasteiger partial charge in [-0.05, 0) is 42.7 Å². The van der Waals surface area contributed by atoms with Gasteiger partial charge >= 0.3 is 0 Å². The SMILES string of the molecule is Cn1cc(/C=C/C(=O)NC[C@H]2CCN(c3ccc(Cl)cc3)C2)cn1. The largest absolute Gasteiger partial charge is 0.371 e. The lowest BCUT2D eigenvalue weighted by atomic mass is 10.1. The second kappa shape index (κ2) is 7.53. The molecule has 2 aromatic rings. The fourth-order valence-corrected chi connectivity index (χ4v) is 3.01. The summed E-state index contributed by atoms with van der Waals surface area (Å²) in [5, 5.41) is 7.80. The van der Waals surface area contributed by atoms with Crippen LogP contribution in [0.3, 0.4) is 0 Å². The molecule has 1 amide bonds. The Balaban J connectivity index is 1.45. The number of benzene rings is 1. The van der Waals surface area contributed by atoms with Crippen LogP contribution in [0.4, 0.5) is 5.69 Å². The van der Waals surface area contributed by atoms with Crippen LogP contribution in [0.5, 0.6) is 0 Å². The summed E-state index contributed by atoms with van der Waals surface area (Å²) in [6, 6.07) is 7.91. The van der Waals surface area contributed by atoms with Crippen molar-refractivity contribution in [1.82, 2.24) is 15.1 Å². The molecule has 1 aromatic carbocycles. The van der Waals surface area contributed by atoms with Gasteiger partial charge in [0.15, 0.2) is 0 Å². The summed E-state index contributed by atoms with van der Waals surface area (Å²) >= 11 is 5.93. The van der Waals surface area contributed by atoms with Crippen LogP contribution in [0.15, 0.2) is 42.7 Å². The zero-order chi connectivity index (χ0) is 16.9. The average molecular weight is 345 g/mol. The molecule has 0 unspecified atom stereocenters. The van der Waals surface area contributed by atoms with E-state index in [-0.39, 0.29) is 5.91 Å². The number of anilines is 1. The van der Waals surface area contributed by atoms with Gasteiger partial charge in [0.1, 0.15) is 0 Å². The van der Waals surface area contributed by atoms with Gasteiger partial charge in [-0.1, -0.05) is 11.6 Å². The average Bonchev–Trinajstić information content (AvgIpc) is 3.21. The lowest BCUT2D eigenvalue weighted by Gasteiger charge is -2.18. The maximum Gasteiger partial charge on any atom is 0.244 e. The van der Waals surface area contributed by atoms with Crippen LogP contribution in [0, 0.1) is 5.92 Å². The number of aryl methyl sites for hydroxylation is 1. The van der Waals surface area contributed by atoms with Crippen LogP contribution in [-0.2, 0) is 11.8 Å². The van der Waals surface area contributed by atoms with E-state index in [1.807, 2.05) is 37.5 Å². The Bertz CT molecular complexity index is 723. The third-order valence-electron chi connectivity index (χ3n) is 4.19. The molecule has 0 saturated carbocycles. The first-order valence-electron chi connectivity index (χ1n) is 8.05. The first kappa shape index (κ1) is 16.6. The van der Waals surface area contributed by atoms with Crippen molar-refractivity contribution in [3.05, 3.63) is 53.3 Å². The zero-order valence-corrected chi connectivity index (χ0v) is 14.4. The molecule has 1 fully saturated rings. The van der Waals surface area contributed by atoms with Crippen LogP contribution in [0.2, 0.25) is 5.02 Å². The van der Waals surface area contributed by atoms with Gasteiger partial charge in [0, 0.05) is 55.2 Å². The third-order valence-corrected chi connectivity index (χ3v) is 4.45. The number of nitrogens with one attached hydrogen (secondary N) is 1. The molecule has 6 heteroatoms. The quantitative estimate of drug-likeness (QED) is 0.848. The summed E-state index contributed by atoms with van der Waals surface area (Å²) in [5.41, 5.74) is 2.10. The standard InChI is InChI=1S/C18H21ClN4O/c1-22-12-14(11-21-22)2-7-18(24)20-10-15-8-9-23(13-15)17-5-3-16(19)4-6-17/h2-7,11-12,15H,8-10,13H2,1H3,(H,20,24)/b7-2+/t15-/m1/s1. The molecule has 5 nitrogen and oxygen atoms in total. The highest BCUT2D eigenvalue weighted by molar-refractivity contribution is 6.30. The Labute approximate surface area is 146 Å². The molecular formula is C18H21ClN4O. The number of hydrogen-bond donors (Lipinski definition) is 1. The topological polar surface area (TPSA) is 50.2 Å². The van der Waals surface area contributed by atoms with Crippen molar-refractivity contribution in [2.24, 2.45) is 13.0 Å². The van der Waals surface area contributed by atoms with Crippen molar-refractivity contribution < 1.29 is 4.79 Å². The van der Waals surface area contributed by atoms with Gasteiger partial charge < -0.3 is 10.2 Å². The number of amides is 1. The minimum Gasteiger partial charge on any atom is -0.371 e. The molecule has 126 valence electrons. The number of carbonyl (C=O) groups is 1. The fraction of sp³-hybridized carbons (Fsp3) is 0.333. The summed E-state index contributed by atoms with van der Waals surface area (Å²) in [7, 11) is 1.85. The van der Waals surface area contributed by atoms with Gasteiger partial charge in [0.05, 0.1) is 6.20 Å². The predicted molar refractivity (Wildman–Crippen MR) is 97.0 cm³/mol. The van der Waals surface area contributed by atoms with Crippen LogP contribution in [-0.4, -0.2) is 35.3 Å². The number of aromatic nitrogens is 2. The van der Waals surface area contributed by atoms with Crippen molar-refractivity contribution in [3.63, 3.8) is 0 Å². The first-order chi connectivity index (χ1) is 11.6. The first-order valence-corrected chi connectivity index (χ1v) is 8.43. The molecule has 1 saturated heterocycles. The molecule has 0 aliphatic carbocycles. The van der Waals surface area contributed by atoms with Crippen LogP contribution >= 0.6 is 11.6 Å². The summed E-state index contributed by atoms with van der Waals surface area (Å²) in [5.74, 6) is 0.403. The van der Waals surface area contributed by atoms with Crippen LogP contribution in [0.1, 0.15) is 12.0 Å². The van der Waals surface area contributed by atoms with Crippen LogP contribution < -0.4 is 10.2 Å². The lowest BCUT2D eigenvalue weighted by molar-refractivity contribution is -0.116. The maximum absolute atomic E-state index is 11.9. The van der Waals surface area contributed by atoms with Crippen molar-refractivity contribution in [1.29, 1.82) is 0 Å². The van der Waals surface area contributed by atoms with Crippen molar-refractivity contribution in [2.45, 2.75) is 6.42 Å². The number of nitrogens with zero attached hydrogens (tertiary/aromatic N) is 3. The van der Waals surface area contributed by atoms with Gasteiger partial charge in [-0.2, -0.15) is 5.10 Å². The Hall–Kier alpha value is -2.27. The highest BCUT2D eigenvalue weighted by Crippen LogP contribution is 2.24. The van der Waals surface area contributed by atoms with E-state index in [0.29, 0.717) is 12.5 Å². The van der Waals surface area contributed by atoms with Crippen molar-refractivity contribution in [3.8, 4) is 0 Å². The van der Waals surface area contributed by atoms with E-state index in [4.69, 9.17) is 11.6 Å². The van der Waals surface area contributed by atoms with Crippen LogP contribution in [0.25, 0.3) is 6.08 Å². The molecule has 1 N–H and O–H groups in total. The summed E-state index contributed by atoms with van der Waals surface area (Å²) in [4.78, 5) is 14.2. The molecular weight excluding hydrogens is 324 g/mol. The van der Waals surface area contributed by atoms with Gasteiger partial charge in [-0.3, -0.25) is 9.48 Å². The molecule has 1 aromatic heterocycles. The van der Waals surface area contributed by atoms with E-state index in [0.717, 1.165) is 30.1 Å². The van der Waals surface area contributed by atoms with Gasteiger partial charge in [0.2, 0.25) is 5.91 Å².